The van der Waals surface area contributed by atoms with Crippen molar-refractivity contribution in [1.29, 1.82) is 0 Å². The molecule has 0 aromatic heterocycles. The molecule has 1 heterocycles. The fourth-order valence-corrected chi connectivity index (χ4v) is 5.75. The first-order valence-electron chi connectivity index (χ1n) is 12.5. The van der Waals surface area contributed by atoms with E-state index in [4.69, 9.17) is 9.47 Å². The normalized spacial score (nSPS) is 20.5. The summed E-state index contributed by atoms with van der Waals surface area (Å²) >= 11 is -1.09. The largest absolute Gasteiger partial charge is 0.611 e. The summed E-state index contributed by atoms with van der Waals surface area (Å²) in [6.45, 7) is 12.2. The summed E-state index contributed by atoms with van der Waals surface area (Å²) in [4.78, 5) is 13.7. The molecule has 0 aliphatic carbocycles. The Morgan fingerprint density at radius 2 is 1.97 bits per heavy atom. The van der Waals surface area contributed by atoms with Gasteiger partial charge in [0, 0.05) is 30.5 Å². The topological polar surface area (TPSA) is 70.6 Å². The van der Waals surface area contributed by atoms with E-state index in [-0.39, 0.29) is 29.2 Å². The Hall–Kier alpha value is -2.09. The van der Waals surface area contributed by atoms with Crippen LogP contribution >= 0.6 is 0 Å². The Bertz CT molecular complexity index is 1030. The number of ether oxygens (including phenoxy) is 2. The van der Waals surface area contributed by atoms with E-state index >= 15 is 0 Å². The molecule has 1 amide bonds. The van der Waals surface area contributed by atoms with Crippen LogP contribution in [-0.4, -0.2) is 34.0 Å². The summed E-state index contributed by atoms with van der Waals surface area (Å²) in [6, 6.07) is 9.93. The highest BCUT2D eigenvalue weighted by Gasteiger charge is 2.41. The molecule has 0 saturated heterocycles. The lowest BCUT2D eigenvalue weighted by Crippen LogP contribution is -2.44. The fraction of sp³-hybridized carbons (Fsp3) is 0.536. The van der Waals surface area contributed by atoms with E-state index in [2.05, 4.69) is 12.2 Å². The van der Waals surface area contributed by atoms with E-state index in [1.54, 1.807) is 18.2 Å². The molecule has 0 fully saturated rings. The van der Waals surface area contributed by atoms with Gasteiger partial charge in [0.2, 0.25) is 0 Å². The number of fused-ring (bicyclic) bond motifs is 1. The maximum atomic E-state index is 14.0. The molecule has 2 unspecified atom stereocenters. The molecule has 7 heteroatoms. The highest BCUT2D eigenvalue weighted by Crippen LogP contribution is 2.45. The molecular weight excluding hydrogens is 465 g/mol. The van der Waals surface area contributed by atoms with Gasteiger partial charge < -0.3 is 19.3 Å². The van der Waals surface area contributed by atoms with Gasteiger partial charge in [0.25, 0.3) is 5.91 Å². The van der Waals surface area contributed by atoms with Crippen LogP contribution in [0.1, 0.15) is 87.9 Å². The Morgan fingerprint density at radius 1 is 1.23 bits per heavy atom. The summed E-state index contributed by atoms with van der Waals surface area (Å²) in [5, 5.41) is 3.05. The van der Waals surface area contributed by atoms with Gasteiger partial charge in [-0.3, -0.25) is 4.79 Å². The number of amides is 1. The van der Waals surface area contributed by atoms with Crippen LogP contribution in [0.3, 0.4) is 0 Å². The standard InChI is InChI=1S/C28H38FNO4S/c1-7-12-28(17-26(33-18(2)3)24-16-21(29)8-11-25(24)34-28)13-14-30-27(31)23-10-9-22(15-20(23)6)35(32)19(4)5/h8-11,15-16,18-19,26H,7,12-14,17H2,1-6H3,(H,30,31)/t26?,28-,35?/m1/s1. The second-order valence-corrected chi connectivity index (χ2v) is 11.9. The van der Waals surface area contributed by atoms with Gasteiger partial charge in [-0.1, -0.05) is 13.3 Å². The molecule has 0 spiro atoms. The number of rotatable bonds is 10. The molecule has 3 rings (SSSR count). The third kappa shape index (κ3) is 6.78. The lowest BCUT2D eigenvalue weighted by atomic mass is 9.82. The fourth-order valence-electron chi connectivity index (χ4n) is 4.71. The Labute approximate surface area is 212 Å². The summed E-state index contributed by atoms with van der Waals surface area (Å²) in [7, 11) is 0. The van der Waals surface area contributed by atoms with Crippen molar-refractivity contribution in [3.05, 3.63) is 58.9 Å². The Balaban J connectivity index is 1.73. The predicted molar refractivity (Wildman–Crippen MR) is 138 cm³/mol. The lowest BCUT2D eigenvalue weighted by molar-refractivity contribution is -0.0751. The van der Waals surface area contributed by atoms with Crippen molar-refractivity contribution in [2.75, 3.05) is 6.54 Å². The summed E-state index contributed by atoms with van der Waals surface area (Å²) in [5.74, 6) is 0.176. The molecule has 192 valence electrons. The molecular formula is C28H38FNO4S. The zero-order valence-corrected chi connectivity index (χ0v) is 22.5. The van der Waals surface area contributed by atoms with Crippen LogP contribution in [0.15, 0.2) is 41.3 Å². The molecule has 35 heavy (non-hydrogen) atoms. The summed E-state index contributed by atoms with van der Waals surface area (Å²) in [6.07, 6.45) is 2.63. The van der Waals surface area contributed by atoms with Gasteiger partial charge in [-0.25, -0.2) is 4.39 Å². The van der Waals surface area contributed by atoms with E-state index in [1.165, 1.54) is 12.1 Å². The van der Waals surface area contributed by atoms with Gasteiger partial charge in [0.15, 0.2) is 4.90 Å². The average Bonchev–Trinajstić information content (AvgIpc) is 2.78. The number of carbonyl (C=O) groups is 1. The van der Waals surface area contributed by atoms with E-state index < -0.39 is 16.8 Å². The molecule has 5 nitrogen and oxygen atoms in total. The SMILES string of the molecule is CCC[C@@]1(CCNC(=O)c2ccc([S+]([O-])C(C)C)cc2C)CC(OC(C)C)c2cc(F)ccc2O1. The zero-order valence-electron chi connectivity index (χ0n) is 21.7. The molecule has 0 radical (unpaired) electrons. The number of nitrogens with one attached hydrogen (secondary N) is 1. The van der Waals surface area contributed by atoms with Crippen molar-refractivity contribution < 1.29 is 23.2 Å². The molecule has 1 aliphatic heterocycles. The highest BCUT2D eigenvalue weighted by atomic mass is 32.2. The minimum absolute atomic E-state index is 0.00998. The quantitative estimate of drug-likeness (QED) is 0.389. The molecule has 1 aliphatic rings. The van der Waals surface area contributed by atoms with Gasteiger partial charge >= 0.3 is 0 Å². The van der Waals surface area contributed by atoms with Crippen LogP contribution in [0.25, 0.3) is 0 Å². The first-order valence-corrected chi connectivity index (χ1v) is 13.7. The minimum Gasteiger partial charge on any atom is -0.611 e. The van der Waals surface area contributed by atoms with Crippen LogP contribution in [0.5, 0.6) is 5.75 Å². The Kier molecular flexibility index (Phi) is 9.24. The minimum atomic E-state index is -1.09. The number of halogens is 1. The summed E-state index contributed by atoms with van der Waals surface area (Å²) < 4.78 is 39.0. The number of benzene rings is 2. The average molecular weight is 504 g/mol. The second kappa shape index (κ2) is 11.8. The van der Waals surface area contributed by atoms with Gasteiger partial charge in [0.1, 0.15) is 22.4 Å². The van der Waals surface area contributed by atoms with Gasteiger partial charge in [-0.15, -0.1) is 0 Å². The van der Waals surface area contributed by atoms with Crippen molar-refractivity contribution >= 4 is 17.1 Å². The molecule has 2 aromatic rings. The van der Waals surface area contributed by atoms with Gasteiger partial charge in [0.05, 0.1) is 12.2 Å². The lowest BCUT2D eigenvalue weighted by Gasteiger charge is -2.43. The first-order chi connectivity index (χ1) is 16.5. The van der Waals surface area contributed by atoms with Crippen molar-refractivity contribution in [2.24, 2.45) is 0 Å². The molecule has 0 saturated carbocycles. The second-order valence-electron chi connectivity index (χ2n) is 9.92. The molecule has 3 atom stereocenters. The van der Waals surface area contributed by atoms with Gasteiger partial charge in [-0.05, 0) is 94.2 Å². The van der Waals surface area contributed by atoms with Crippen LogP contribution in [0.2, 0.25) is 0 Å². The van der Waals surface area contributed by atoms with E-state index in [9.17, 15) is 13.7 Å². The van der Waals surface area contributed by atoms with Gasteiger partial charge in [-0.2, -0.15) is 0 Å². The summed E-state index contributed by atoms with van der Waals surface area (Å²) in [5.41, 5.74) is 1.60. The van der Waals surface area contributed by atoms with E-state index in [0.29, 0.717) is 30.7 Å². The van der Waals surface area contributed by atoms with Crippen molar-refractivity contribution in [3.63, 3.8) is 0 Å². The number of aryl methyl sites for hydroxylation is 1. The maximum absolute atomic E-state index is 14.0. The molecule has 0 bridgehead atoms. The van der Waals surface area contributed by atoms with Crippen LogP contribution in [0, 0.1) is 12.7 Å². The molecule has 1 N–H and O–H groups in total. The first kappa shape index (κ1) is 27.5. The third-order valence-electron chi connectivity index (χ3n) is 6.31. The Morgan fingerprint density at radius 3 is 2.60 bits per heavy atom. The van der Waals surface area contributed by atoms with E-state index in [0.717, 1.165) is 28.9 Å². The third-order valence-corrected chi connectivity index (χ3v) is 7.89. The van der Waals surface area contributed by atoms with Crippen molar-refractivity contribution in [3.8, 4) is 5.75 Å². The number of hydrogen-bond acceptors (Lipinski definition) is 4. The van der Waals surface area contributed by atoms with Crippen molar-refractivity contribution in [2.45, 2.75) is 95.2 Å². The number of carbonyl (C=O) groups excluding carboxylic acids is 1. The predicted octanol–water partition coefficient (Wildman–Crippen LogP) is 6.26. The highest BCUT2D eigenvalue weighted by molar-refractivity contribution is 7.92. The maximum Gasteiger partial charge on any atom is 0.251 e. The smallest absolute Gasteiger partial charge is 0.251 e. The number of hydrogen-bond donors (Lipinski definition) is 1. The zero-order chi connectivity index (χ0) is 25.8. The van der Waals surface area contributed by atoms with E-state index in [1.807, 2.05) is 40.7 Å². The molecule has 2 aromatic carbocycles. The van der Waals surface area contributed by atoms with Crippen molar-refractivity contribution in [1.82, 2.24) is 5.32 Å². The van der Waals surface area contributed by atoms with Crippen LogP contribution in [0.4, 0.5) is 4.39 Å². The van der Waals surface area contributed by atoms with Crippen LogP contribution in [-0.2, 0) is 15.9 Å². The van der Waals surface area contributed by atoms with Crippen LogP contribution < -0.4 is 10.1 Å². The monoisotopic (exact) mass is 503 g/mol.